The molecule has 7 nitrogen and oxygen atoms in total. The van der Waals surface area contributed by atoms with E-state index in [9.17, 15) is 9.18 Å². The van der Waals surface area contributed by atoms with E-state index < -0.39 is 0 Å². The average molecular weight is 383 g/mol. The van der Waals surface area contributed by atoms with Gasteiger partial charge in [0.05, 0.1) is 6.20 Å². The number of nitrogens with zero attached hydrogens (tertiary/aromatic N) is 5. The summed E-state index contributed by atoms with van der Waals surface area (Å²) in [6, 6.07) is 5.98. The van der Waals surface area contributed by atoms with E-state index in [1.165, 1.54) is 12.1 Å². The highest BCUT2D eigenvalue weighted by Crippen LogP contribution is 2.23. The van der Waals surface area contributed by atoms with Crippen LogP contribution in [0.1, 0.15) is 24.2 Å². The van der Waals surface area contributed by atoms with Crippen LogP contribution in [0.25, 0.3) is 11.5 Å². The molecule has 1 unspecified atom stereocenters. The quantitative estimate of drug-likeness (QED) is 0.654. The third kappa shape index (κ3) is 4.27. The first kappa shape index (κ1) is 18.3. The second-order valence-electron chi connectivity index (χ2n) is 7.27. The molecule has 3 aromatic rings. The van der Waals surface area contributed by atoms with Crippen molar-refractivity contribution in [1.82, 2.24) is 24.8 Å². The molecule has 0 saturated carbocycles. The molecule has 0 spiro atoms. The Morgan fingerprint density at radius 3 is 2.89 bits per heavy atom. The fourth-order valence-electron chi connectivity index (χ4n) is 3.49. The number of halogens is 1. The molecule has 1 fully saturated rings. The van der Waals surface area contributed by atoms with E-state index in [0.29, 0.717) is 29.6 Å². The van der Waals surface area contributed by atoms with Crippen molar-refractivity contribution in [3.63, 3.8) is 0 Å². The molecule has 28 heavy (non-hydrogen) atoms. The zero-order valence-corrected chi connectivity index (χ0v) is 15.7. The Morgan fingerprint density at radius 1 is 1.32 bits per heavy atom. The summed E-state index contributed by atoms with van der Waals surface area (Å²) in [6.07, 6.45) is 6.20. The molecule has 0 radical (unpaired) electrons. The second-order valence-corrected chi connectivity index (χ2v) is 7.27. The van der Waals surface area contributed by atoms with Crippen molar-refractivity contribution >= 4 is 5.91 Å². The SMILES string of the molecule is Cc1cnn(CC(=O)N2CCC(CCc3noc(-c4ccc(F)cc4)n3)C2)c1. The summed E-state index contributed by atoms with van der Waals surface area (Å²) in [5, 5.41) is 8.19. The van der Waals surface area contributed by atoms with E-state index in [2.05, 4.69) is 15.2 Å². The molecule has 4 rings (SSSR count). The maximum atomic E-state index is 13.0. The number of carbonyl (C=O) groups is 1. The van der Waals surface area contributed by atoms with Gasteiger partial charge < -0.3 is 9.42 Å². The molecule has 8 heteroatoms. The molecule has 146 valence electrons. The lowest BCUT2D eigenvalue weighted by atomic mass is 10.0. The van der Waals surface area contributed by atoms with E-state index in [4.69, 9.17) is 4.52 Å². The van der Waals surface area contributed by atoms with Crippen LogP contribution >= 0.6 is 0 Å². The zero-order chi connectivity index (χ0) is 19.5. The van der Waals surface area contributed by atoms with Crippen LogP contribution in [-0.4, -0.2) is 43.8 Å². The molecule has 0 bridgehead atoms. The summed E-state index contributed by atoms with van der Waals surface area (Å²) in [5.74, 6) is 1.26. The molecule has 0 aliphatic carbocycles. The standard InChI is InChI=1S/C20H22FN5O2/c1-14-10-22-26(11-14)13-19(27)25-9-8-15(12-25)2-7-18-23-20(28-24-18)16-3-5-17(21)6-4-16/h3-6,10-11,15H,2,7-9,12-13H2,1H3. The minimum atomic E-state index is -0.300. The predicted molar refractivity (Wildman–Crippen MR) is 99.7 cm³/mol. The van der Waals surface area contributed by atoms with Gasteiger partial charge in [0.25, 0.3) is 5.89 Å². The van der Waals surface area contributed by atoms with Crippen molar-refractivity contribution in [1.29, 1.82) is 0 Å². The van der Waals surface area contributed by atoms with Crippen molar-refractivity contribution < 1.29 is 13.7 Å². The third-order valence-corrected chi connectivity index (χ3v) is 5.03. The van der Waals surface area contributed by atoms with Gasteiger partial charge in [0.2, 0.25) is 5.91 Å². The van der Waals surface area contributed by atoms with Gasteiger partial charge in [-0.1, -0.05) is 5.16 Å². The molecule has 1 aliphatic rings. The van der Waals surface area contributed by atoms with Crippen molar-refractivity contribution in [2.24, 2.45) is 5.92 Å². The first-order chi connectivity index (χ1) is 13.6. The minimum Gasteiger partial charge on any atom is -0.341 e. The summed E-state index contributed by atoms with van der Waals surface area (Å²) >= 11 is 0. The number of carbonyl (C=O) groups excluding carboxylic acids is 1. The number of amides is 1. The van der Waals surface area contributed by atoms with Crippen molar-refractivity contribution in [3.05, 3.63) is 53.9 Å². The van der Waals surface area contributed by atoms with E-state index in [1.807, 2.05) is 18.0 Å². The van der Waals surface area contributed by atoms with Crippen LogP contribution in [0.15, 0.2) is 41.2 Å². The molecule has 3 heterocycles. The summed E-state index contributed by atoms with van der Waals surface area (Å²) in [7, 11) is 0. The van der Waals surface area contributed by atoms with Crippen LogP contribution in [0.3, 0.4) is 0 Å². The molecule has 2 aromatic heterocycles. The van der Waals surface area contributed by atoms with Crippen LogP contribution < -0.4 is 0 Å². The molecule has 1 aliphatic heterocycles. The lowest BCUT2D eigenvalue weighted by Gasteiger charge is -2.16. The fraction of sp³-hybridized carbons (Fsp3) is 0.400. The fourth-order valence-corrected chi connectivity index (χ4v) is 3.49. The Kier molecular flexibility index (Phi) is 5.18. The highest BCUT2D eigenvalue weighted by Gasteiger charge is 2.26. The Hall–Kier alpha value is -3.03. The summed E-state index contributed by atoms with van der Waals surface area (Å²) in [4.78, 5) is 18.7. The number of rotatable bonds is 6. The van der Waals surface area contributed by atoms with E-state index in [-0.39, 0.29) is 18.3 Å². The summed E-state index contributed by atoms with van der Waals surface area (Å²) in [5.41, 5.74) is 1.75. The summed E-state index contributed by atoms with van der Waals surface area (Å²) in [6.45, 7) is 3.77. The molecule has 1 aromatic carbocycles. The van der Waals surface area contributed by atoms with Crippen LogP contribution in [0.4, 0.5) is 4.39 Å². The van der Waals surface area contributed by atoms with Crippen molar-refractivity contribution in [3.8, 4) is 11.5 Å². The Morgan fingerprint density at radius 2 is 2.14 bits per heavy atom. The maximum absolute atomic E-state index is 13.0. The van der Waals surface area contributed by atoms with E-state index in [0.717, 1.165) is 31.5 Å². The van der Waals surface area contributed by atoms with Gasteiger partial charge >= 0.3 is 0 Å². The normalized spacial score (nSPS) is 16.6. The predicted octanol–water partition coefficient (Wildman–Crippen LogP) is 2.86. The number of aryl methyl sites for hydroxylation is 2. The summed E-state index contributed by atoms with van der Waals surface area (Å²) < 4.78 is 20.0. The second kappa shape index (κ2) is 7.92. The lowest BCUT2D eigenvalue weighted by Crippen LogP contribution is -2.32. The smallest absolute Gasteiger partial charge is 0.257 e. The first-order valence-corrected chi connectivity index (χ1v) is 9.42. The van der Waals surface area contributed by atoms with Crippen LogP contribution in [0.5, 0.6) is 0 Å². The van der Waals surface area contributed by atoms with Crippen LogP contribution in [-0.2, 0) is 17.8 Å². The largest absolute Gasteiger partial charge is 0.341 e. The molecular weight excluding hydrogens is 361 g/mol. The average Bonchev–Trinajstić information content (AvgIpc) is 3.42. The van der Waals surface area contributed by atoms with Crippen LogP contribution in [0.2, 0.25) is 0 Å². The highest BCUT2D eigenvalue weighted by atomic mass is 19.1. The van der Waals surface area contributed by atoms with E-state index in [1.54, 1.807) is 23.0 Å². The van der Waals surface area contributed by atoms with Gasteiger partial charge in [-0.2, -0.15) is 10.1 Å². The third-order valence-electron chi connectivity index (χ3n) is 5.03. The number of hydrogen-bond acceptors (Lipinski definition) is 5. The van der Waals surface area contributed by atoms with E-state index >= 15 is 0 Å². The number of benzene rings is 1. The van der Waals surface area contributed by atoms with Gasteiger partial charge in [-0.3, -0.25) is 9.48 Å². The van der Waals surface area contributed by atoms with Gasteiger partial charge in [-0.25, -0.2) is 4.39 Å². The van der Waals surface area contributed by atoms with Gasteiger partial charge in [-0.05, 0) is 55.5 Å². The topological polar surface area (TPSA) is 77.0 Å². The monoisotopic (exact) mass is 383 g/mol. The Labute approximate surface area is 162 Å². The van der Waals surface area contributed by atoms with Gasteiger partial charge in [-0.15, -0.1) is 0 Å². The minimum absolute atomic E-state index is 0.101. The van der Waals surface area contributed by atoms with Gasteiger partial charge in [0.1, 0.15) is 12.4 Å². The van der Waals surface area contributed by atoms with Crippen LogP contribution in [0, 0.1) is 18.7 Å². The Bertz CT molecular complexity index is 950. The Balaban J connectivity index is 1.27. The molecule has 1 atom stereocenters. The van der Waals surface area contributed by atoms with Gasteiger partial charge in [0, 0.05) is 31.3 Å². The number of hydrogen-bond donors (Lipinski definition) is 0. The first-order valence-electron chi connectivity index (χ1n) is 9.42. The molecule has 0 N–H and O–H groups in total. The lowest BCUT2D eigenvalue weighted by molar-refractivity contribution is -0.131. The van der Waals surface area contributed by atoms with Crippen molar-refractivity contribution in [2.75, 3.05) is 13.1 Å². The highest BCUT2D eigenvalue weighted by molar-refractivity contribution is 5.76. The number of likely N-dealkylation sites (tertiary alicyclic amines) is 1. The van der Waals surface area contributed by atoms with Gasteiger partial charge in [0.15, 0.2) is 5.82 Å². The molecule has 1 amide bonds. The maximum Gasteiger partial charge on any atom is 0.257 e. The molecule has 1 saturated heterocycles. The molecular formula is C20H22FN5O2. The number of aromatic nitrogens is 4. The van der Waals surface area contributed by atoms with Crippen molar-refractivity contribution in [2.45, 2.75) is 32.7 Å². The zero-order valence-electron chi connectivity index (χ0n) is 15.7.